The number of anilines is 1. The van der Waals surface area contributed by atoms with E-state index < -0.39 is 10.0 Å². The van der Waals surface area contributed by atoms with Crippen molar-refractivity contribution in [2.24, 2.45) is 5.41 Å². The van der Waals surface area contributed by atoms with Crippen LogP contribution in [0.3, 0.4) is 0 Å². The van der Waals surface area contributed by atoms with Crippen LogP contribution in [0.15, 0.2) is 18.2 Å². The van der Waals surface area contributed by atoms with E-state index in [-0.39, 0.29) is 23.4 Å². The van der Waals surface area contributed by atoms with E-state index in [1.807, 2.05) is 45.9 Å². The Hall–Kier alpha value is -1.56. The highest BCUT2D eigenvalue weighted by molar-refractivity contribution is 7.92. The van der Waals surface area contributed by atoms with Crippen molar-refractivity contribution < 1.29 is 13.2 Å². The Morgan fingerprint density at radius 3 is 2.22 bits per heavy atom. The van der Waals surface area contributed by atoms with E-state index in [4.69, 9.17) is 0 Å². The molecule has 0 unspecified atom stereocenters. The molecule has 1 aromatic rings. The predicted molar refractivity (Wildman–Crippen MR) is 114 cm³/mol. The zero-order valence-corrected chi connectivity index (χ0v) is 19.0. The summed E-state index contributed by atoms with van der Waals surface area (Å²) >= 11 is 0. The zero-order chi connectivity index (χ0) is 21.0. The summed E-state index contributed by atoms with van der Waals surface area (Å²) in [6.07, 6.45) is 2.84. The summed E-state index contributed by atoms with van der Waals surface area (Å²) in [5.41, 5.74) is 2.50. The molecular formula is C21H36N2O3S. The first-order valence-electron chi connectivity index (χ1n) is 9.47. The molecule has 1 rings (SSSR count). The summed E-state index contributed by atoms with van der Waals surface area (Å²) in [6, 6.07) is 5.64. The van der Waals surface area contributed by atoms with Crippen molar-refractivity contribution in [3.05, 3.63) is 29.3 Å². The molecule has 0 heterocycles. The Morgan fingerprint density at radius 2 is 1.70 bits per heavy atom. The first-order valence-corrected chi connectivity index (χ1v) is 11.3. The van der Waals surface area contributed by atoms with Gasteiger partial charge in [0.1, 0.15) is 0 Å². The number of benzene rings is 1. The van der Waals surface area contributed by atoms with Crippen LogP contribution in [0.2, 0.25) is 0 Å². The molecule has 0 aromatic heterocycles. The minimum Gasteiger partial charge on any atom is -0.351 e. The molecule has 0 saturated heterocycles. The van der Waals surface area contributed by atoms with Crippen LogP contribution in [0, 0.1) is 19.3 Å². The minimum atomic E-state index is -3.41. The number of nitrogens with one attached hydrogen (secondary N) is 1. The molecule has 0 radical (unpaired) electrons. The van der Waals surface area contributed by atoms with Gasteiger partial charge in [0.2, 0.25) is 15.9 Å². The Labute approximate surface area is 165 Å². The molecule has 0 spiro atoms. The molecule has 1 amide bonds. The number of carbonyl (C=O) groups is 1. The van der Waals surface area contributed by atoms with Gasteiger partial charge in [-0.3, -0.25) is 9.10 Å². The monoisotopic (exact) mass is 396 g/mol. The smallest absolute Gasteiger partial charge is 0.232 e. The van der Waals surface area contributed by atoms with Crippen molar-refractivity contribution in [1.82, 2.24) is 5.32 Å². The van der Waals surface area contributed by atoms with E-state index in [0.717, 1.165) is 17.5 Å². The maximum Gasteiger partial charge on any atom is 0.232 e. The molecule has 1 aromatic carbocycles. The Balaban J connectivity index is 2.76. The van der Waals surface area contributed by atoms with Crippen molar-refractivity contribution in [2.75, 3.05) is 17.1 Å². The number of hydrogen-bond donors (Lipinski definition) is 1. The van der Waals surface area contributed by atoms with Gasteiger partial charge < -0.3 is 5.32 Å². The topological polar surface area (TPSA) is 66.5 Å². The van der Waals surface area contributed by atoms with Crippen LogP contribution in [0.4, 0.5) is 5.69 Å². The second-order valence-electron chi connectivity index (χ2n) is 9.33. The third-order valence-corrected chi connectivity index (χ3v) is 5.64. The van der Waals surface area contributed by atoms with E-state index in [1.54, 1.807) is 0 Å². The second-order valence-corrected chi connectivity index (χ2v) is 11.2. The van der Waals surface area contributed by atoms with Crippen molar-refractivity contribution in [1.29, 1.82) is 0 Å². The molecule has 0 bridgehead atoms. The third-order valence-electron chi connectivity index (χ3n) is 4.46. The number of nitrogens with zero attached hydrogens (tertiary/aromatic N) is 1. The summed E-state index contributed by atoms with van der Waals surface area (Å²) in [4.78, 5) is 12.4. The Bertz CT molecular complexity index is 762. The summed E-state index contributed by atoms with van der Waals surface area (Å²) in [5.74, 6) is -0.0429. The molecular weight excluding hydrogens is 360 g/mol. The Morgan fingerprint density at radius 1 is 1.11 bits per heavy atom. The van der Waals surface area contributed by atoms with Gasteiger partial charge in [-0.25, -0.2) is 8.42 Å². The van der Waals surface area contributed by atoms with Crippen molar-refractivity contribution in [3.63, 3.8) is 0 Å². The molecule has 0 aliphatic heterocycles. The first kappa shape index (κ1) is 23.5. The fourth-order valence-corrected chi connectivity index (χ4v) is 4.68. The number of rotatable bonds is 8. The zero-order valence-electron chi connectivity index (χ0n) is 18.1. The van der Waals surface area contributed by atoms with Crippen LogP contribution in [-0.4, -0.2) is 32.7 Å². The molecule has 0 aliphatic carbocycles. The van der Waals surface area contributed by atoms with E-state index in [1.165, 1.54) is 10.6 Å². The number of sulfonamides is 1. The average Bonchev–Trinajstić information content (AvgIpc) is 2.42. The molecule has 27 heavy (non-hydrogen) atoms. The first-order chi connectivity index (χ1) is 12.1. The fraction of sp³-hybridized carbons (Fsp3) is 0.667. The van der Waals surface area contributed by atoms with Gasteiger partial charge in [0, 0.05) is 18.5 Å². The van der Waals surface area contributed by atoms with Crippen LogP contribution in [0.1, 0.15) is 65.0 Å². The fourth-order valence-electron chi connectivity index (χ4n) is 3.66. The highest BCUT2D eigenvalue weighted by Gasteiger charge is 2.27. The maximum absolute atomic E-state index is 12.4. The van der Waals surface area contributed by atoms with Gasteiger partial charge in [0.15, 0.2) is 0 Å². The Kier molecular flexibility index (Phi) is 7.51. The lowest BCUT2D eigenvalue weighted by Gasteiger charge is -2.33. The van der Waals surface area contributed by atoms with Crippen LogP contribution in [0.25, 0.3) is 0 Å². The van der Waals surface area contributed by atoms with Crippen LogP contribution < -0.4 is 9.62 Å². The van der Waals surface area contributed by atoms with Crippen molar-refractivity contribution >= 4 is 21.6 Å². The van der Waals surface area contributed by atoms with Crippen LogP contribution in [-0.2, 0) is 14.8 Å². The molecule has 0 fully saturated rings. The van der Waals surface area contributed by atoms with E-state index in [2.05, 4.69) is 26.1 Å². The predicted octanol–water partition coefficient (Wildman–Crippen LogP) is 4.18. The van der Waals surface area contributed by atoms with Gasteiger partial charge in [-0.1, -0.05) is 32.9 Å². The number of amides is 1. The van der Waals surface area contributed by atoms with Gasteiger partial charge >= 0.3 is 0 Å². The molecule has 0 atom stereocenters. The lowest BCUT2D eigenvalue weighted by atomic mass is 9.82. The van der Waals surface area contributed by atoms with Gasteiger partial charge in [0.05, 0.1) is 11.9 Å². The number of hydrogen-bond acceptors (Lipinski definition) is 3. The second kappa shape index (κ2) is 8.63. The third kappa shape index (κ3) is 7.91. The largest absolute Gasteiger partial charge is 0.351 e. The van der Waals surface area contributed by atoms with Gasteiger partial charge in [-0.05, 0) is 63.1 Å². The molecule has 1 N–H and O–H groups in total. The van der Waals surface area contributed by atoms with Crippen LogP contribution >= 0.6 is 0 Å². The maximum atomic E-state index is 12.4. The van der Waals surface area contributed by atoms with Gasteiger partial charge in [-0.15, -0.1) is 0 Å². The normalized spacial score (nSPS) is 12.7. The number of aryl methyl sites for hydroxylation is 1. The SMILES string of the molecule is Cc1cccc(N(CCCC(=O)NC(C)(C)CC(C)(C)C)S(C)(=O)=O)c1C. The summed E-state index contributed by atoms with van der Waals surface area (Å²) < 4.78 is 26.0. The molecule has 6 heteroatoms. The van der Waals surface area contributed by atoms with E-state index in [9.17, 15) is 13.2 Å². The van der Waals surface area contributed by atoms with E-state index in [0.29, 0.717) is 18.5 Å². The highest BCUT2D eigenvalue weighted by atomic mass is 32.2. The lowest BCUT2D eigenvalue weighted by Crippen LogP contribution is -2.46. The van der Waals surface area contributed by atoms with Gasteiger partial charge in [-0.2, -0.15) is 0 Å². The lowest BCUT2D eigenvalue weighted by molar-refractivity contribution is -0.123. The van der Waals surface area contributed by atoms with Crippen LogP contribution in [0.5, 0.6) is 0 Å². The highest BCUT2D eigenvalue weighted by Crippen LogP contribution is 2.27. The summed E-state index contributed by atoms with van der Waals surface area (Å²) in [7, 11) is -3.41. The molecule has 0 saturated carbocycles. The molecule has 154 valence electrons. The summed E-state index contributed by atoms with van der Waals surface area (Å²) in [6.45, 7) is 14.7. The number of carbonyl (C=O) groups excluding carboxylic acids is 1. The van der Waals surface area contributed by atoms with Crippen molar-refractivity contribution in [3.8, 4) is 0 Å². The quantitative estimate of drug-likeness (QED) is 0.717. The minimum absolute atomic E-state index is 0.0429. The molecule has 0 aliphatic rings. The molecule has 5 nitrogen and oxygen atoms in total. The van der Waals surface area contributed by atoms with Gasteiger partial charge in [0.25, 0.3) is 0 Å². The van der Waals surface area contributed by atoms with E-state index >= 15 is 0 Å². The standard InChI is InChI=1S/C21H36N2O3S/c1-16-11-9-12-18(17(16)2)23(27(8,25)26)14-10-13-19(24)22-21(6,7)15-20(3,4)5/h9,11-12H,10,13-15H2,1-8H3,(H,22,24). The van der Waals surface area contributed by atoms with Crippen molar-refractivity contribution in [2.45, 2.75) is 73.3 Å². The summed E-state index contributed by atoms with van der Waals surface area (Å²) in [5, 5.41) is 3.08. The average molecular weight is 397 g/mol.